The Hall–Kier alpha value is -2.12. The monoisotopic (exact) mass is 471 g/mol. The van der Waals surface area contributed by atoms with Gasteiger partial charge in [0, 0.05) is 32.1 Å². The molecule has 1 aromatic rings. The number of halogens is 1. The Labute approximate surface area is 201 Å². The first-order valence-electron chi connectivity index (χ1n) is 12.1. The van der Waals surface area contributed by atoms with Crippen LogP contribution in [0, 0.1) is 5.92 Å². The molecule has 7 nitrogen and oxygen atoms in total. The molecule has 4 atom stereocenters. The average molecular weight is 472 g/mol. The van der Waals surface area contributed by atoms with E-state index in [0.29, 0.717) is 5.29 Å². The molecular weight excluding hydrogens is 438 g/mol. The molecule has 3 fully saturated rings. The summed E-state index contributed by atoms with van der Waals surface area (Å²) in [5.41, 5.74) is 0.844. The van der Waals surface area contributed by atoms with Gasteiger partial charge in [0.1, 0.15) is 11.4 Å². The van der Waals surface area contributed by atoms with Crippen LogP contribution >= 0.6 is 11.6 Å². The molecule has 4 aliphatic heterocycles. The van der Waals surface area contributed by atoms with Crippen LogP contribution in [0.1, 0.15) is 45.6 Å². The number of hydrogen-bond donors (Lipinski definition) is 0. The summed E-state index contributed by atoms with van der Waals surface area (Å²) in [6.07, 6.45) is 2.85. The molecule has 0 saturated carbocycles. The number of likely N-dealkylation sites (tertiary alicyclic amines) is 2. The van der Waals surface area contributed by atoms with Gasteiger partial charge in [0.2, 0.25) is 5.29 Å². The number of ether oxygens (including phenoxy) is 1. The van der Waals surface area contributed by atoms with E-state index >= 15 is 0 Å². The van der Waals surface area contributed by atoms with Crippen molar-refractivity contribution in [2.24, 2.45) is 15.9 Å². The zero-order valence-corrected chi connectivity index (χ0v) is 20.5. The summed E-state index contributed by atoms with van der Waals surface area (Å²) in [4.78, 5) is 29.1. The molecule has 5 rings (SSSR count). The standard InChI is InChI=1S/C25H34ClN5O2/c1-25(2,3)33-24(32)31-18-9-10-19(31)15-30(14-18)22-20-11-12-29(13-17-7-5-4-6-8-17)16-21(20)27-23(26)28-22/h4-8,18-21H,9-16H2,1-3H3/t18-,19+,20?,21?. The molecule has 2 unspecified atom stereocenters. The third kappa shape index (κ3) is 4.90. The van der Waals surface area contributed by atoms with Gasteiger partial charge in [-0.2, -0.15) is 0 Å². The first-order valence-corrected chi connectivity index (χ1v) is 12.5. The highest BCUT2D eigenvalue weighted by atomic mass is 35.5. The van der Waals surface area contributed by atoms with Crippen molar-refractivity contribution in [3.8, 4) is 0 Å². The van der Waals surface area contributed by atoms with Gasteiger partial charge in [-0.3, -0.25) is 14.8 Å². The van der Waals surface area contributed by atoms with Gasteiger partial charge in [-0.1, -0.05) is 30.3 Å². The Morgan fingerprint density at radius 3 is 2.45 bits per heavy atom. The van der Waals surface area contributed by atoms with Crippen LogP contribution in [0.3, 0.4) is 0 Å². The number of piperazine rings is 1. The van der Waals surface area contributed by atoms with Crippen molar-refractivity contribution in [2.45, 2.75) is 70.3 Å². The van der Waals surface area contributed by atoms with Crippen LogP contribution in [-0.4, -0.2) is 81.8 Å². The largest absolute Gasteiger partial charge is 0.444 e. The van der Waals surface area contributed by atoms with Crippen LogP contribution in [0.15, 0.2) is 40.3 Å². The minimum atomic E-state index is -0.480. The van der Waals surface area contributed by atoms with E-state index in [9.17, 15) is 4.79 Å². The van der Waals surface area contributed by atoms with E-state index in [0.717, 1.165) is 57.8 Å². The summed E-state index contributed by atoms with van der Waals surface area (Å²) in [5, 5.41) is 0.356. The number of piperidine rings is 1. The minimum absolute atomic E-state index is 0.129. The van der Waals surface area contributed by atoms with Crippen LogP contribution < -0.4 is 0 Å². The molecule has 2 bridgehead atoms. The van der Waals surface area contributed by atoms with Crippen LogP contribution in [0.4, 0.5) is 4.79 Å². The number of hydrogen-bond acceptors (Lipinski definition) is 6. The van der Waals surface area contributed by atoms with Crippen molar-refractivity contribution in [2.75, 3.05) is 26.2 Å². The molecule has 3 saturated heterocycles. The smallest absolute Gasteiger partial charge is 0.410 e. The van der Waals surface area contributed by atoms with Crippen molar-refractivity contribution in [1.29, 1.82) is 0 Å². The summed E-state index contributed by atoms with van der Waals surface area (Å²) < 4.78 is 5.69. The highest BCUT2D eigenvalue weighted by Gasteiger charge is 2.47. The predicted octanol–water partition coefficient (Wildman–Crippen LogP) is 3.97. The molecule has 178 valence electrons. The summed E-state index contributed by atoms with van der Waals surface area (Å²) in [7, 11) is 0. The van der Waals surface area contributed by atoms with Gasteiger partial charge < -0.3 is 9.64 Å². The maximum atomic E-state index is 12.8. The molecule has 0 radical (unpaired) electrons. The molecule has 1 aromatic carbocycles. The fourth-order valence-corrected chi connectivity index (χ4v) is 5.98. The second-order valence-corrected chi connectivity index (χ2v) is 11.1. The second kappa shape index (κ2) is 8.91. The predicted molar refractivity (Wildman–Crippen MR) is 131 cm³/mol. The summed E-state index contributed by atoms with van der Waals surface area (Å²) in [6, 6.07) is 11.0. The second-order valence-electron chi connectivity index (χ2n) is 10.7. The summed E-state index contributed by atoms with van der Waals surface area (Å²) in [5.74, 6) is 1.35. The molecule has 8 heteroatoms. The van der Waals surface area contributed by atoms with Crippen molar-refractivity contribution in [3.05, 3.63) is 35.9 Å². The molecule has 4 aliphatic rings. The molecule has 0 N–H and O–H groups in total. The lowest BCUT2D eigenvalue weighted by Gasteiger charge is -2.46. The normalized spacial score (nSPS) is 29.9. The number of carbonyl (C=O) groups is 1. The average Bonchev–Trinajstić information content (AvgIpc) is 3.02. The first-order chi connectivity index (χ1) is 15.8. The van der Waals surface area contributed by atoms with E-state index in [4.69, 9.17) is 26.3 Å². The van der Waals surface area contributed by atoms with Crippen molar-refractivity contribution >= 4 is 28.8 Å². The van der Waals surface area contributed by atoms with Crippen molar-refractivity contribution < 1.29 is 9.53 Å². The zero-order chi connectivity index (χ0) is 23.2. The van der Waals surface area contributed by atoms with E-state index in [1.54, 1.807) is 0 Å². The maximum absolute atomic E-state index is 12.8. The third-order valence-electron chi connectivity index (χ3n) is 7.14. The molecule has 0 aliphatic carbocycles. The molecule has 0 spiro atoms. The summed E-state index contributed by atoms with van der Waals surface area (Å²) >= 11 is 6.43. The molecule has 0 aromatic heterocycles. The highest BCUT2D eigenvalue weighted by Crippen LogP contribution is 2.35. The van der Waals surface area contributed by atoms with Crippen molar-refractivity contribution in [3.63, 3.8) is 0 Å². The Morgan fingerprint density at radius 2 is 1.79 bits per heavy atom. The zero-order valence-electron chi connectivity index (χ0n) is 19.8. The van der Waals surface area contributed by atoms with Gasteiger partial charge in [0.15, 0.2) is 0 Å². The molecular formula is C25H34ClN5O2. The van der Waals surface area contributed by atoms with E-state index in [2.05, 4.69) is 40.1 Å². The topological polar surface area (TPSA) is 60.7 Å². The van der Waals surface area contributed by atoms with Crippen LogP contribution in [-0.2, 0) is 11.3 Å². The lowest BCUT2D eigenvalue weighted by molar-refractivity contribution is 0.00209. The van der Waals surface area contributed by atoms with Gasteiger partial charge in [-0.15, -0.1) is 0 Å². The lowest BCUT2D eigenvalue weighted by atomic mass is 9.88. The third-order valence-corrected chi connectivity index (χ3v) is 7.32. The Morgan fingerprint density at radius 1 is 1.09 bits per heavy atom. The number of aliphatic imine (C=N–C) groups is 2. The SMILES string of the molecule is CC(C)(C)OC(=O)N1[C@@H]2CC[C@H]1CN(C1=NC(Cl)=NC3CN(Cc4ccccc4)CCC13)C2. The minimum Gasteiger partial charge on any atom is -0.444 e. The lowest BCUT2D eigenvalue weighted by Crippen LogP contribution is -2.60. The fourth-order valence-electron chi connectivity index (χ4n) is 5.77. The first kappa shape index (κ1) is 22.7. The van der Waals surface area contributed by atoms with E-state index in [-0.39, 0.29) is 30.1 Å². The molecule has 33 heavy (non-hydrogen) atoms. The van der Waals surface area contributed by atoms with E-state index < -0.39 is 5.60 Å². The van der Waals surface area contributed by atoms with Gasteiger partial charge in [0.25, 0.3) is 0 Å². The number of rotatable bonds is 2. The fraction of sp³-hybridized carbons (Fsp3) is 0.640. The van der Waals surface area contributed by atoms with E-state index in [1.807, 2.05) is 25.7 Å². The number of carbonyl (C=O) groups excluding carboxylic acids is 1. The van der Waals surface area contributed by atoms with Gasteiger partial charge >= 0.3 is 6.09 Å². The van der Waals surface area contributed by atoms with Crippen LogP contribution in [0.25, 0.3) is 0 Å². The molecule has 1 amide bonds. The van der Waals surface area contributed by atoms with Gasteiger partial charge in [-0.05, 0) is 63.7 Å². The number of amides is 1. The Bertz CT molecular complexity index is 930. The highest BCUT2D eigenvalue weighted by molar-refractivity contribution is 6.65. The number of fused-ring (bicyclic) bond motifs is 3. The number of nitrogens with zero attached hydrogens (tertiary/aromatic N) is 5. The van der Waals surface area contributed by atoms with Crippen molar-refractivity contribution in [1.82, 2.24) is 14.7 Å². The number of benzene rings is 1. The maximum Gasteiger partial charge on any atom is 0.410 e. The number of amidine groups is 2. The van der Waals surface area contributed by atoms with Gasteiger partial charge in [-0.25, -0.2) is 9.79 Å². The quantitative estimate of drug-likeness (QED) is 0.612. The molecule has 4 heterocycles. The van der Waals surface area contributed by atoms with Crippen LogP contribution in [0.5, 0.6) is 0 Å². The van der Waals surface area contributed by atoms with E-state index in [1.165, 1.54) is 5.56 Å². The summed E-state index contributed by atoms with van der Waals surface area (Å²) in [6.45, 7) is 10.2. The van der Waals surface area contributed by atoms with Gasteiger partial charge in [0.05, 0.1) is 18.1 Å². The van der Waals surface area contributed by atoms with Crippen LogP contribution in [0.2, 0.25) is 0 Å². The Balaban J connectivity index is 1.26. The Kier molecular flexibility index (Phi) is 6.12.